The first kappa shape index (κ1) is 13.7. The van der Waals surface area contributed by atoms with E-state index in [9.17, 15) is 9.90 Å². The molecule has 5 heteroatoms. The van der Waals surface area contributed by atoms with E-state index in [-0.39, 0.29) is 11.7 Å². The van der Waals surface area contributed by atoms with E-state index in [1.165, 1.54) is 6.07 Å². The quantitative estimate of drug-likeness (QED) is 0.634. The smallest absolute Gasteiger partial charge is 0.254 e. The highest BCUT2D eigenvalue weighted by Crippen LogP contribution is 2.21. The summed E-state index contributed by atoms with van der Waals surface area (Å²) in [7, 11) is 0. The summed E-state index contributed by atoms with van der Waals surface area (Å²) in [6.07, 6.45) is 1.14. The molecule has 5 nitrogen and oxygen atoms in total. The Morgan fingerprint density at radius 2 is 2.00 bits per heavy atom. The fourth-order valence-electron chi connectivity index (χ4n) is 2.35. The summed E-state index contributed by atoms with van der Waals surface area (Å²) in [5, 5.41) is 9.56. The lowest BCUT2D eigenvalue weighted by Gasteiger charge is -2.34. The number of phenolic OH excluding ortho intramolecular Hbond substituents is 1. The number of phenols is 1. The van der Waals surface area contributed by atoms with Crippen LogP contribution < -0.4 is 5.73 Å². The molecule has 0 radical (unpaired) electrons. The Balaban J connectivity index is 1.99. The van der Waals surface area contributed by atoms with Gasteiger partial charge in [0.25, 0.3) is 5.91 Å². The zero-order valence-electron chi connectivity index (χ0n) is 11.3. The maximum atomic E-state index is 12.3. The average molecular weight is 263 g/mol. The number of nitrogens with two attached hydrogens (primary N) is 1. The van der Waals surface area contributed by atoms with Crippen LogP contribution in [0.3, 0.4) is 0 Å². The lowest BCUT2D eigenvalue weighted by atomic mass is 10.1. The first-order chi connectivity index (χ1) is 9.11. The Morgan fingerprint density at radius 1 is 1.32 bits per heavy atom. The molecule has 0 spiro atoms. The number of hydrogen-bond acceptors (Lipinski definition) is 4. The fraction of sp³-hybridized carbons (Fsp3) is 0.500. The maximum absolute atomic E-state index is 12.3. The molecule has 0 aromatic heterocycles. The average Bonchev–Trinajstić information content (AvgIpc) is 2.42. The van der Waals surface area contributed by atoms with Crippen molar-refractivity contribution < 1.29 is 9.90 Å². The number of aromatic hydroxyl groups is 1. The van der Waals surface area contributed by atoms with Gasteiger partial charge in [-0.1, -0.05) is 6.92 Å². The van der Waals surface area contributed by atoms with Crippen molar-refractivity contribution in [2.45, 2.75) is 13.3 Å². The normalized spacial score (nSPS) is 16.6. The summed E-state index contributed by atoms with van der Waals surface area (Å²) in [4.78, 5) is 16.5. The molecule has 1 saturated heterocycles. The SMILES string of the molecule is CCCN1CCN(C(=O)c2ccc(N)c(O)c2)CC1. The monoisotopic (exact) mass is 263 g/mol. The predicted octanol–water partition coefficient (Wildman–Crippen LogP) is 1.14. The maximum Gasteiger partial charge on any atom is 0.254 e. The number of hydrogen-bond donors (Lipinski definition) is 2. The van der Waals surface area contributed by atoms with Crippen LogP contribution in [0.1, 0.15) is 23.7 Å². The number of piperazine rings is 1. The first-order valence-corrected chi connectivity index (χ1v) is 6.72. The second kappa shape index (κ2) is 5.93. The van der Waals surface area contributed by atoms with Crippen LogP contribution in [0, 0.1) is 0 Å². The number of carbonyl (C=O) groups excluding carboxylic acids is 1. The van der Waals surface area contributed by atoms with Gasteiger partial charge in [0.1, 0.15) is 5.75 Å². The number of nitrogen functional groups attached to an aromatic ring is 1. The Kier molecular flexibility index (Phi) is 4.27. The van der Waals surface area contributed by atoms with Crippen LogP contribution in [0.2, 0.25) is 0 Å². The summed E-state index contributed by atoms with van der Waals surface area (Å²) in [6, 6.07) is 4.67. The molecule has 0 aliphatic carbocycles. The second-order valence-corrected chi connectivity index (χ2v) is 4.91. The molecule has 19 heavy (non-hydrogen) atoms. The lowest BCUT2D eigenvalue weighted by Crippen LogP contribution is -2.48. The van der Waals surface area contributed by atoms with E-state index >= 15 is 0 Å². The third kappa shape index (κ3) is 3.17. The number of benzene rings is 1. The van der Waals surface area contributed by atoms with Crippen LogP contribution in [0.15, 0.2) is 18.2 Å². The molecular weight excluding hydrogens is 242 g/mol. The largest absolute Gasteiger partial charge is 0.506 e. The number of anilines is 1. The summed E-state index contributed by atoms with van der Waals surface area (Å²) in [5.41, 5.74) is 6.33. The molecule has 0 atom stereocenters. The number of carbonyl (C=O) groups is 1. The van der Waals surface area contributed by atoms with Gasteiger partial charge in [0, 0.05) is 31.7 Å². The molecular formula is C14H21N3O2. The number of amides is 1. The highest BCUT2D eigenvalue weighted by atomic mass is 16.3. The van der Waals surface area contributed by atoms with Gasteiger partial charge in [-0.3, -0.25) is 9.69 Å². The molecule has 3 N–H and O–H groups in total. The van der Waals surface area contributed by atoms with E-state index in [2.05, 4.69) is 11.8 Å². The fourth-order valence-corrected chi connectivity index (χ4v) is 2.35. The lowest BCUT2D eigenvalue weighted by molar-refractivity contribution is 0.0637. The van der Waals surface area contributed by atoms with Crippen LogP contribution >= 0.6 is 0 Å². The summed E-state index contributed by atoms with van der Waals surface area (Å²) >= 11 is 0. The molecule has 1 aliphatic heterocycles. The Morgan fingerprint density at radius 3 is 2.58 bits per heavy atom. The van der Waals surface area contributed by atoms with Gasteiger partial charge in [-0.2, -0.15) is 0 Å². The van der Waals surface area contributed by atoms with Crippen molar-refractivity contribution >= 4 is 11.6 Å². The van der Waals surface area contributed by atoms with Gasteiger partial charge in [-0.05, 0) is 31.2 Å². The molecule has 0 unspecified atom stereocenters. The molecule has 1 amide bonds. The highest BCUT2D eigenvalue weighted by molar-refractivity contribution is 5.95. The zero-order valence-corrected chi connectivity index (χ0v) is 11.3. The van der Waals surface area contributed by atoms with Gasteiger partial charge >= 0.3 is 0 Å². The van der Waals surface area contributed by atoms with E-state index in [0.29, 0.717) is 11.3 Å². The van der Waals surface area contributed by atoms with Crippen LogP contribution in [-0.2, 0) is 0 Å². The molecule has 0 saturated carbocycles. The van der Waals surface area contributed by atoms with Crippen LogP contribution in [-0.4, -0.2) is 53.5 Å². The Bertz CT molecular complexity index is 454. The number of nitrogens with zero attached hydrogens (tertiary/aromatic N) is 2. The highest BCUT2D eigenvalue weighted by Gasteiger charge is 2.21. The molecule has 2 rings (SSSR count). The minimum Gasteiger partial charge on any atom is -0.506 e. The second-order valence-electron chi connectivity index (χ2n) is 4.91. The molecule has 1 aliphatic rings. The standard InChI is InChI=1S/C14H21N3O2/c1-2-5-16-6-8-17(9-7-16)14(19)11-3-4-12(15)13(18)10-11/h3-4,10,18H,2,5-9,15H2,1H3. The Hall–Kier alpha value is -1.75. The van der Waals surface area contributed by atoms with E-state index < -0.39 is 0 Å². The van der Waals surface area contributed by atoms with Gasteiger partial charge in [0.2, 0.25) is 0 Å². The van der Waals surface area contributed by atoms with Gasteiger partial charge in [0.05, 0.1) is 5.69 Å². The minimum atomic E-state index is -0.0357. The van der Waals surface area contributed by atoms with E-state index in [1.54, 1.807) is 12.1 Å². The van der Waals surface area contributed by atoms with Crippen molar-refractivity contribution in [2.75, 3.05) is 38.5 Å². The third-order valence-electron chi connectivity index (χ3n) is 3.48. The van der Waals surface area contributed by atoms with Gasteiger partial charge in [0.15, 0.2) is 0 Å². The predicted molar refractivity (Wildman–Crippen MR) is 75.2 cm³/mol. The molecule has 1 aromatic carbocycles. The van der Waals surface area contributed by atoms with Gasteiger partial charge < -0.3 is 15.7 Å². The summed E-state index contributed by atoms with van der Waals surface area (Å²) < 4.78 is 0. The van der Waals surface area contributed by atoms with Gasteiger partial charge in [-0.15, -0.1) is 0 Å². The van der Waals surface area contributed by atoms with Crippen molar-refractivity contribution in [1.82, 2.24) is 9.80 Å². The zero-order chi connectivity index (χ0) is 13.8. The summed E-state index contributed by atoms with van der Waals surface area (Å²) in [5.74, 6) is -0.0677. The number of rotatable bonds is 3. The van der Waals surface area contributed by atoms with Gasteiger partial charge in [-0.25, -0.2) is 0 Å². The third-order valence-corrected chi connectivity index (χ3v) is 3.48. The first-order valence-electron chi connectivity index (χ1n) is 6.72. The van der Waals surface area contributed by atoms with Crippen LogP contribution in [0.25, 0.3) is 0 Å². The molecule has 1 fully saturated rings. The van der Waals surface area contributed by atoms with Crippen LogP contribution in [0.5, 0.6) is 5.75 Å². The molecule has 104 valence electrons. The van der Waals surface area contributed by atoms with Crippen molar-refractivity contribution in [3.05, 3.63) is 23.8 Å². The van der Waals surface area contributed by atoms with Crippen LogP contribution in [0.4, 0.5) is 5.69 Å². The van der Waals surface area contributed by atoms with Crippen molar-refractivity contribution in [1.29, 1.82) is 0 Å². The van der Waals surface area contributed by atoms with Crippen molar-refractivity contribution in [3.8, 4) is 5.75 Å². The van der Waals surface area contributed by atoms with E-state index in [0.717, 1.165) is 39.1 Å². The Labute approximate surface area is 113 Å². The van der Waals surface area contributed by atoms with Crippen molar-refractivity contribution in [2.24, 2.45) is 0 Å². The molecule has 1 heterocycles. The summed E-state index contributed by atoms with van der Waals surface area (Å²) in [6.45, 7) is 6.56. The van der Waals surface area contributed by atoms with E-state index in [4.69, 9.17) is 5.73 Å². The van der Waals surface area contributed by atoms with E-state index in [1.807, 2.05) is 4.90 Å². The molecule has 0 bridgehead atoms. The minimum absolute atomic E-state index is 0.0320. The molecule has 1 aromatic rings. The van der Waals surface area contributed by atoms with Crippen molar-refractivity contribution in [3.63, 3.8) is 0 Å². The topological polar surface area (TPSA) is 69.8 Å².